The fraction of sp³-hybridized carbons (Fsp3) is 0.533. The molecule has 2 aliphatic rings. The van der Waals surface area contributed by atoms with E-state index >= 15 is 0 Å². The summed E-state index contributed by atoms with van der Waals surface area (Å²) in [6.07, 6.45) is 11.9. The van der Waals surface area contributed by atoms with E-state index in [1.165, 1.54) is 73.9 Å². The molecule has 1 saturated heterocycles. The number of para-hydroxylation sites is 2. The zero-order valence-electron chi connectivity index (χ0n) is 21.0. The quantitative estimate of drug-likeness (QED) is 0.477. The average Bonchev–Trinajstić information content (AvgIpc) is 2.79. The van der Waals surface area contributed by atoms with Crippen LogP contribution in [0.5, 0.6) is 0 Å². The molecule has 4 rings (SSSR count). The summed E-state index contributed by atoms with van der Waals surface area (Å²) < 4.78 is 0. The van der Waals surface area contributed by atoms with Crippen LogP contribution in [0.25, 0.3) is 0 Å². The Kier molecular flexibility index (Phi) is 7.80. The molecule has 0 aromatic heterocycles. The normalized spacial score (nSPS) is 24.4. The monoisotopic (exact) mass is 443 g/mol. The van der Waals surface area contributed by atoms with Gasteiger partial charge in [0.05, 0.1) is 17.4 Å². The molecule has 1 aliphatic carbocycles. The standard InChI is InChI=1S/C30H41N3/c1-22-14-8-10-16-26(22)31-24(3)28-18-21-30(19-12-6-5-7-13-20-30)29(33-28)25(4)32-27-17-11-9-15-23(27)2/h8-11,14-17,28-29,33H,5-7,12-13,18-21H2,1-4H3. The minimum atomic E-state index is 0.299. The molecule has 1 heterocycles. The van der Waals surface area contributed by atoms with Gasteiger partial charge in [-0.3, -0.25) is 9.98 Å². The number of nitrogens with zero attached hydrogens (tertiary/aromatic N) is 2. The lowest BCUT2D eigenvalue weighted by atomic mass is 9.64. The van der Waals surface area contributed by atoms with Crippen LogP contribution >= 0.6 is 0 Å². The Balaban J connectivity index is 1.65. The maximum absolute atomic E-state index is 5.19. The Bertz CT molecular complexity index is 995. The van der Waals surface area contributed by atoms with Gasteiger partial charge in [-0.25, -0.2) is 0 Å². The summed E-state index contributed by atoms with van der Waals surface area (Å²) in [6, 6.07) is 17.5. The maximum atomic E-state index is 5.19. The summed E-state index contributed by atoms with van der Waals surface area (Å²) in [5.74, 6) is 0. The van der Waals surface area contributed by atoms with Gasteiger partial charge >= 0.3 is 0 Å². The van der Waals surface area contributed by atoms with Crippen LogP contribution < -0.4 is 5.32 Å². The van der Waals surface area contributed by atoms with E-state index in [-0.39, 0.29) is 0 Å². The molecule has 0 radical (unpaired) electrons. The molecule has 1 aliphatic heterocycles. The van der Waals surface area contributed by atoms with Crippen LogP contribution in [0.1, 0.15) is 82.8 Å². The van der Waals surface area contributed by atoms with Gasteiger partial charge in [0.2, 0.25) is 0 Å². The molecule has 3 heteroatoms. The number of nitrogens with one attached hydrogen (secondary N) is 1. The van der Waals surface area contributed by atoms with Crippen LogP contribution in [0.15, 0.2) is 58.5 Å². The first kappa shape index (κ1) is 23.9. The third kappa shape index (κ3) is 5.63. The van der Waals surface area contributed by atoms with Crippen molar-refractivity contribution in [3.05, 3.63) is 59.7 Å². The third-order valence-corrected chi connectivity index (χ3v) is 8.01. The molecular formula is C30H41N3. The second-order valence-electron chi connectivity index (χ2n) is 10.4. The number of benzene rings is 2. The SMILES string of the molecule is CC(=Nc1ccccc1C)C1CCC2(CCCCCCC2)C(C(C)=Nc2ccccc2C)N1. The Morgan fingerprint density at radius 1 is 0.727 bits per heavy atom. The molecule has 1 N–H and O–H groups in total. The minimum absolute atomic E-state index is 0.299. The van der Waals surface area contributed by atoms with E-state index in [4.69, 9.17) is 9.98 Å². The summed E-state index contributed by atoms with van der Waals surface area (Å²) in [5.41, 5.74) is 7.41. The molecular weight excluding hydrogens is 402 g/mol. The van der Waals surface area contributed by atoms with Gasteiger partial charge in [0.25, 0.3) is 0 Å². The summed E-state index contributed by atoms with van der Waals surface area (Å²) >= 11 is 0. The Labute approximate surface area is 200 Å². The van der Waals surface area contributed by atoms with Crippen molar-refractivity contribution in [2.75, 3.05) is 0 Å². The molecule has 176 valence electrons. The Morgan fingerprint density at radius 2 is 1.24 bits per heavy atom. The van der Waals surface area contributed by atoms with E-state index in [2.05, 4.69) is 81.5 Å². The second-order valence-corrected chi connectivity index (χ2v) is 10.4. The molecule has 2 aromatic carbocycles. The van der Waals surface area contributed by atoms with Crippen LogP contribution in [0.4, 0.5) is 11.4 Å². The molecule has 0 amide bonds. The van der Waals surface area contributed by atoms with Gasteiger partial charge in [-0.15, -0.1) is 0 Å². The molecule has 1 spiro atoms. The first-order chi connectivity index (χ1) is 16.0. The van der Waals surface area contributed by atoms with Crippen molar-refractivity contribution in [2.45, 2.75) is 97.6 Å². The lowest BCUT2D eigenvalue weighted by Gasteiger charge is -2.49. The smallest absolute Gasteiger partial charge is 0.0658 e. The zero-order valence-corrected chi connectivity index (χ0v) is 21.0. The Hall–Kier alpha value is -2.26. The summed E-state index contributed by atoms with van der Waals surface area (Å²) in [5, 5.41) is 4.08. The highest BCUT2D eigenvalue weighted by atomic mass is 15.0. The highest BCUT2D eigenvalue weighted by Gasteiger charge is 2.44. The van der Waals surface area contributed by atoms with Crippen molar-refractivity contribution in [1.29, 1.82) is 0 Å². The predicted octanol–water partition coefficient (Wildman–Crippen LogP) is 8.04. The largest absolute Gasteiger partial charge is 0.300 e. The predicted molar refractivity (Wildman–Crippen MR) is 143 cm³/mol. The molecule has 2 fully saturated rings. The highest BCUT2D eigenvalue weighted by Crippen LogP contribution is 2.45. The topological polar surface area (TPSA) is 36.8 Å². The summed E-state index contributed by atoms with van der Waals surface area (Å²) in [4.78, 5) is 10.2. The molecule has 2 aromatic rings. The van der Waals surface area contributed by atoms with Gasteiger partial charge in [-0.1, -0.05) is 68.5 Å². The first-order valence-electron chi connectivity index (χ1n) is 13.0. The second kappa shape index (κ2) is 10.8. The highest BCUT2D eigenvalue weighted by molar-refractivity contribution is 5.94. The van der Waals surface area contributed by atoms with Gasteiger partial charge in [-0.05, 0) is 82.1 Å². The molecule has 33 heavy (non-hydrogen) atoms. The van der Waals surface area contributed by atoms with Crippen LogP contribution in [0, 0.1) is 19.3 Å². The first-order valence-corrected chi connectivity index (χ1v) is 13.0. The molecule has 0 bridgehead atoms. The van der Waals surface area contributed by atoms with Gasteiger partial charge in [0.1, 0.15) is 0 Å². The van der Waals surface area contributed by atoms with Crippen LogP contribution in [-0.4, -0.2) is 23.5 Å². The van der Waals surface area contributed by atoms with Crippen LogP contribution in [-0.2, 0) is 0 Å². The molecule has 1 saturated carbocycles. The van der Waals surface area contributed by atoms with E-state index < -0.39 is 0 Å². The van der Waals surface area contributed by atoms with Crippen LogP contribution in [0.2, 0.25) is 0 Å². The van der Waals surface area contributed by atoms with E-state index in [0.29, 0.717) is 17.5 Å². The van der Waals surface area contributed by atoms with Gasteiger partial charge in [0.15, 0.2) is 0 Å². The van der Waals surface area contributed by atoms with Crippen molar-refractivity contribution >= 4 is 22.8 Å². The van der Waals surface area contributed by atoms with Crippen molar-refractivity contribution in [1.82, 2.24) is 5.32 Å². The summed E-state index contributed by atoms with van der Waals surface area (Å²) in [7, 11) is 0. The number of hydrogen-bond donors (Lipinski definition) is 1. The fourth-order valence-electron chi connectivity index (χ4n) is 5.98. The fourth-order valence-corrected chi connectivity index (χ4v) is 5.98. The molecule has 2 unspecified atom stereocenters. The zero-order chi connectivity index (χ0) is 23.3. The minimum Gasteiger partial charge on any atom is -0.300 e. The lowest BCUT2D eigenvalue weighted by Crippen LogP contribution is -2.59. The van der Waals surface area contributed by atoms with E-state index in [0.717, 1.165) is 17.8 Å². The van der Waals surface area contributed by atoms with E-state index in [1.807, 2.05) is 0 Å². The lowest BCUT2D eigenvalue weighted by molar-refractivity contribution is 0.118. The number of aryl methyl sites for hydroxylation is 2. The van der Waals surface area contributed by atoms with Crippen molar-refractivity contribution in [2.24, 2.45) is 15.4 Å². The van der Waals surface area contributed by atoms with Gasteiger partial charge in [0, 0.05) is 17.5 Å². The Morgan fingerprint density at radius 3 is 1.82 bits per heavy atom. The average molecular weight is 444 g/mol. The number of aliphatic imine (C=N–C) groups is 2. The van der Waals surface area contributed by atoms with Gasteiger partial charge < -0.3 is 5.32 Å². The van der Waals surface area contributed by atoms with Crippen molar-refractivity contribution in [3.8, 4) is 0 Å². The van der Waals surface area contributed by atoms with Crippen LogP contribution in [0.3, 0.4) is 0 Å². The maximum Gasteiger partial charge on any atom is 0.0658 e. The van der Waals surface area contributed by atoms with Crippen molar-refractivity contribution < 1.29 is 0 Å². The van der Waals surface area contributed by atoms with E-state index in [9.17, 15) is 0 Å². The number of hydrogen-bond acceptors (Lipinski definition) is 3. The third-order valence-electron chi connectivity index (χ3n) is 8.01. The van der Waals surface area contributed by atoms with Gasteiger partial charge in [-0.2, -0.15) is 0 Å². The van der Waals surface area contributed by atoms with E-state index in [1.54, 1.807) is 0 Å². The molecule has 2 atom stereocenters. The number of piperidine rings is 1. The number of rotatable bonds is 4. The van der Waals surface area contributed by atoms with Crippen molar-refractivity contribution in [3.63, 3.8) is 0 Å². The molecule has 3 nitrogen and oxygen atoms in total. The summed E-state index contributed by atoms with van der Waals surface area (Å²) in [6.45, 7) is 8.76.